The molecule has 0 radical (unpaired) electrons. The summed E-state index contributed by atoms with van der Waals surface area (Å²) in [6, 6.07) is 0. The molecule has 0 spiro atoms. The van der Waals surface area contributed by atoms with Gasteiger partial charge in [0.25, 0.3) is 0 Å². The van der Waals surface area contributed by atoms with Gasteiger partial charge in [0, 0.05) is 0 Å². The predicted molar refractivity (Wildman–Crippen MR) is 36.1 cm³/mol. The van der Waals surface area contributed by atoms with Crippen LogP contribution in [0.25, 0.3) is 0 Å². The van der Waals surface area contributed by atoms with Gasteiger partial charge in [-0.2, -0.15) is 0 Å². The van der Waals surface area contributed by atoms with E-state index in [1.165, 1.54) is 0 Å². The van der Waals surface area contributed by atoms with Crippen molar-refractivity contribution in [3.8, 4) is 0 Å². The van der Waals surface area contributed by atoms with E-state index in [0.717, 1.165) is 0 Å². The van der Waals surface area contributed by atoms with Crippen molar-refractivity contribution >= 4 is 23.9 Å². The van der Waals surface area contributed by atoms with Gasteiger partial charge in [-0.05, 0) is 0 Å². The Morgan fingerprint density at radius 2 is 1.33 bits per heavy atom. The first kappa shape index (κ1) is 11.6. The summed E-state index contributed by atoms with van der Waals surface area (Å²) in [5, 5.41) is 13.9. The number of carboxylic acid groups (broad SMARTS) is 2. The van der Waals surface area contributed by atoms with Crippen LogP contribution in [0.1, 0.15) is 20.8 Å². The molecule has 9 heavy (non-hydrogen) atoms. The standard InChI is InChI=1S/C4H9.CH2O3.Li/c1-4(2)3;2-1(3)4;/h1-3H3;(H2,2,3,4);. The molecule has 4 heteroatoms. The van der Waals surface area contributed by atoms with Gasteiger partial charge in [0.1, 0.15) is 0 Å². The number of carbonyl (C=O) groups is 1. The summed E-state index contributed by atoms with van der Waals surface area (Å²) in [4.78, 5) is 8.56. The molecule has 0 saturated carbocycles. The molecule has 0 aromatic carbocycles. The molecule has 0 atom stereocenters. The Bertz CT molecular complexity index is 74.7. The summed E-state index contributed by atoms with van der Waals surface area (Å²) in [6.45, 7) is 6.56. The molecule has 0 aliphatic rings. The van der Waals surface area contributed by atoms with Crippen LogP contribution in [0, 0.1) is 0 Å². The maximum atomic E-state index is 8.56. The van der Waals surface area contributed by atoms with Gasteiger partial charge >= 0.3 is 48.7 Å². The third-order valence-electron chi connectivity index (χ3n) is 0. The molecule has 0 aliphatic heterocycles. The molecule has 0 amide bonds. The first-order valence-corrected chi connectivity index (χ1v) is 2.65. The Hall–Kier alpha value is -0.133. The minimum absolute atomic E-state index is 0.500. The van der Waals surface area contributed by atoms with Crippen LogP contribution in [0.4, 0.5) is 4.79 Å². The van der Waals surface area contributed by atoms with Gasteiger partial charge in [0.2, 0.25) is 0 Å². The van der Waals surface area contributed by atoms with Crippen molar-refractivity contribution in [2.24, 2.45) is 0 Å². The quantitative estimate of drug-likeness (QED) is 0.484. The summed E-state index contributed by atoms with van der Waals surface area (Å²) < 4.78 is 0.500. The van der Waals surface area contributed by atoms with Crippen molar-refractivity contribution in [1.29, 1.82) is 0 Å². The van der Waals surface area contributed by atoms with Crippen LogP contribution in [0.3, 0.4) is 0 Å². The normalized spacial score (nSPS) is 9.44. The van der Waals surface area contributed by atoms with E-state index >= 15 is 0 Å². The Kier molecular flexibility index (Phi) is 6.10. The van der Waals surface area contributed by atoms with Gasteiger partial charge in [-0.25, -0.2) is 4.79 Å². The fourth-order valence-electron chi connectivity index (χ4n) is 0. The van der Waals surface area contributed by atoms with E-state index in [2.05, 4.69) is 38.5 Å². The summed E-state index contributed by atoms with van der Waals surface area (Å²) in [7, 11) is 0. The van der Waals surface area contributed by atoms with E-state index in [1.54, 1.807) is 0 Å². The van der Waals surface area contributed by atoms with E-state index in [1.807, 2.05) is 0 Å². The molecule has 0 saturated heterocycles. The Morgan fingerprint density at radius 1 is 1.33 bits per heavy atom. The van der Waals surface area contributed by atoms with Crippen LogP contribution in [0.2, 0.25) is 4.09 Å². The first-order chi connectivity index (χ1) is 3.73. The van der Waals surface area contributed by atoms with Crippen molar-refractivity contribution in [2.75, 3.05) is 0 Å². The molecule has 0 fully saturated rings. The van der Waals surface area contributed by atoms with Gasteiger partial charge in [0.15, 0.2) is 0 Å². The molecular weight excluding hydrogens is 115 g/mol. The molecule has 2 N–H and O–H groups in total. The zero-order chi connectivity index (χ0) is 8.08. The van der Waals surface area contributed by atoms with Crippen LogP contribution in [0.15, 0.2) is 0 Å². The SMILES string of the molecule is O=C(O)O.[Li][C](C)(C)C. The van der Waals surface area contributed by atoms with Gasteiger partial charge in [0.05, 0.1) is 0 Å². The van der Waals surface area contributed by atoms with E-state index < -0.39 is 6.16 Å². The van der Waals surface area contributed by atoms with Crippen LogP contribution >= 0.6 is 0 Å². The third kappa shape index (κ3) is 15400. The third-order valence-corrected chi connectivity index (χ3v) is 0. The van der Waals surface area contributed by atoms with Crippen molar-refractivity contribution in [1.82, 2.24) is 0 Å². The van der Waals surface area contributed by atoms with E-state index in [4.69, 9.17) is 15.0 Å². The monoisotopic (exact) mass is 126 g/mol. The summed E-state index contributed by atoms with van der Waals surface area (Å²) in [5.41, 5.74) is 0. The number of hydrogen-bond donors (Lipinski definition) is 2. The van der Waals surface area contributed by atoms with Gasteiger partial charge < -0.3 is 10.2 Å². The second kappa shape index (κ2) is 4.72. The maximum absolute atomic E-state index is 8.56. The Balaban J connectivity index is 0. The Labute approximate surface area is 64.3 Å². The molecule has 3 nitrogen and oxygen atoms in total. The average molecular weight is 126 g/mol. The number of hydrogen-bond acceptors (Lipinski definition) is 1. The zero-order valence-electron chi connectivity index (χ0n) is 6.30. The molecule has 0 rings (SSSR count). The van der Waals surface area contributed by atoms with Crippen molar-refractivity contribution in [3.05, 3.63) is 0 Å². The van der Waals surface area contributed by atoms with Crippen LogP contribution in [0.5, 0.6) is 0 Å². The van der Waals surface area contributed by atoms with Gasteiger partial charge in [-0.1, -0.05) is 0 Å². The molecule has 0 unspecified atom stereocenters. The average Bonchev–Trinajstić information content (AvgIpc) is 1.19. The molecule has 0 heterocycles. The second-order valence-electron chi connectivity index (χ2n) is 3.28. The van der Waals surface area contributed by atoms with Crippen molar-refractivity contribution in [3.63, 3.8) is 0 Å². The van der Waals surface area contributed by atoms with Gasteiger partial charge in [-0.15, -0.1) is 0 Å². The minimum atomic E-state index is -1.83. The van der Waals surface area contributed by atoms with Crippen LogP contribution in [-0.4, -0.2) is 34.1 Å². The summed E-state index contributed by atoms with van der Waals surface area (Å²) in [5.74, 6) is 0. The van der Waals surface area contributed by atoms with Gasteiger partial charge in [-0.3, -0.25) is 0 Å². The molecule has 50 valence electrons. The summed E-state index contributed by atoms with van der Waals surface area (Å²) >= 11 is 2.19. The fraction of sp³-hybridized carbons (Fsp3) is 0.800. The molecule has 0 bridgehead atoms. The predicted octanol–water partition coefficient (Wildman–Crippen LogP) is 1.60. The zero-order valence-corrected chi connectivity index (χ0v) is 6.30. The van der Waals surface area contributed by atoms with E-state index in [0.29, 0.717) is 4.09 Å². The summed E-state index contributed by atoms with van der Waals surface area (Å²) in [6.07, 6.45) is -1.83. The van der Waals surface area contributed by atoms with E-state index in [-0.39, 0.29) is 0 Å². The van der Waals surface area contributed by atoms with Crippen LogP contribution < -0.4 is 0 Å². The molecule has 0 aliphatic carbocycles. The van der Waals surface area contributed by atoms with E-state index in [9.17, 15) is 0 Å². The molecule has 0 aromatic heterocycles. The Morgan fingerprint density at radius 3 is 1.33 bits per heavy atom. The van der Waals surface area contributed by atoms with Crippen molar-refractivity contribution in [2.45, 2.75) is 24.9 Å². The molecule has 0 aromatic rings. The van der Waals surface area contributed by atoms with Crippen molar-refractivity contribution < 1.29 is 15.0 Å². The van der Waals surface area contributed by atoms with Crippen LogP contribution in [-0.2, 0) is 0 Å². The number of rotatable bonds is 0. The second-order valence-corrected chi connectivity index (χ2v) is 3.28. The first-order valence-electron chi connectivity index (χ1n) is 2.65. The topological polar surface area (TPSA) is 57.5 Å². The molecular formula is C5H11LiO3. The fourth-order valence-corrected chi connectivity index (χ4v) is 0.